The summed E-state index contributed by atoms with van der Waals surface area (Å²) in [5.41, 5.74) is 1.01. The number of carbonyl (C=O) groups is 2. The first-order valence-electron chi connectivity index (χ1n) is 9.02. The van der Waals surface area contributed by atoms with Crippen LogP contribution in [0, 0.1) is 0 Å². The Hall–Kier alpha value is -1.59. The molecule has 2 amide bonds. The summed E-state index contributed by atoms with van der Waals surface area (Å²) >= 11 is 6.15. The third kappa shape index (κ3) is 7.04. The third-order valence-electron chi connectivity index (χ3n) is 4.41. The molecule has 0 spiro atoms. The fourth-order valence-electron chi connectivity index (χ4n) is 3.05. The molecule has 1 aromatic rings. The van der Waals surface area contributed by atoms with Gasteiger partial charge in [0.05, 0.1) is 6.54 Å². The molecule has 0 radical (unpaired) electrons. The Morgan fingerprint density at radius 1 is 1.28 bits per heavy atom. The number of carbonyl (C=O) groups excluding carboxylic acids is 2. The monoisotopic (exact) mass is 365 g/mol. The van der Waals surface area contributed by atoms with Crippen LogP contribution in [0.5, 0.6) is 0 Å². The summed E-state index contributed by atoms with van der Waals surface area (Å²) in [6.07, 6.45) is 4.69. The molecule has 1 N–H and O–H groups in total. The standard InChI is InChI=1S/C19H28ClN3O2/c1-22(14-16-8-4-5-9-17(16)20)15-18(24)21-11-7-13-23-12-6-2-3-10-19(23)25/h4-5,8-9H,2-3,6-7,10-15H2,1H3,(H,21,24). The van der Waals surface area contributed by atoms with E-state index in [1.54, 1.807) is 0 Å². The van der Waals surface area contributed by atoms with Crippen molar-refractivity contribution in [1.29, 1.82) is 0 Å². The van der Waals surface area contributed by atoms with Gasteiger partial charge in [0, 0.05) is 37.6 Å². The largest absolute Gasteiger partial charge is 0.355 e. The van der Waals surface area contributed by atoms with E-state index in [2.05, 4.69) is 5.32 Å². The van der Waals surface area contributed by atoms with Crippen molar-refractivity contribution < 1.29 is 9.59 Å². The van der Waals surface area contributed by atoms with Gasteiger partial charge in [-0.25, -0.2) is 0 Å². The number of likely N-dealkylation sites (tertiary alicyclic amines) is 1. The summed E-state index contributed by atoms with van der Waals surface area (Å²) < 4.78 is 0. The van der Waals surface area contributed by atoms with Crippen LogP contribution in [0.15, 0.2) is 24.3 Å². The summed E-state index contributed by atoms with van der Waals surface area (Å²) in [5, 5.41) is 3.65. The maximum Gasteiger partial charge on any atom is 0.234 e. The molecule has 6 heteroatoms. The molecule has 0 unspecified atom stereocenters. The minimum atomic E-state index is -0.00301. The van der Waals surface area contributed by atoms with Crippen LogP contribution in [0.1, 0.15) is 37.7 Å². The number of halogens is 1. The molecule has 5 nitrogen and oxygen atoms in total. The van der Waals surface area contributed by atoms with Crippen molar-refractivity contribution in [3.05, 3.63) is 34.9 Å². The molecule has 1 aromatic carbocycles. The van der Waals surface area contributed by atoms with E-state index >= 15 is 0 Å². The fourth-order valence-corrected chi connectivity index (χ4v) is 3.24. The van der Waals surface area contributed by atoms with Gasteiger partial charge in [-0.3, -0.25) is 14.5 Å². The van der Waals surface area contributed by atoms with E-state index in [4.69, 9.17) is 11.6 Å². The van der Waals surface area contributed by atoms with Crippen LogP contribution in [0.2, 0.25) is 5.02 Å². The topological polar surface area (TPSA) is 52.7 Å². The summed E-state index contributed by atoms with van der Waals surface area (Å²) in [4.78, 5) is 27.8. The Morgan fingerprint density at radius 2 is 2.08 bits per heavy atom. The first-order valence-corrected chi connectivity index (χ1v) is 9.40. The second-order valence-electron chi connectivity index (χ2n) is 6.66. The van der Waals surface area contributed by atoms with Crippen molar-refractivity contribution in [3.8, 4) is 0 Å². The first kappa shape index (κ1) is 19.7. The second kappa shape index (κ2) is 10.4. The molecule has 1 saturated heterocycles. The fraction of sp³-hybridized carbons (Fsp3) is 0.579. The van der Waals surface area contributed by atoms with Gasteiger partial charge in [-0.1, -0.05) is 36.2 Å². The number of benzene rings is 1. The molecule has 1 fully saturated rings. The molecule has 0 atom stereocenters. The van der Waals surface area contributed by atoms with Crippen molar-refractivity contribution in [1.82, 2.24) is 15.1 Å². The smallest absolute Gasteiger partial charge is 0.234 e. The van der Waals surface area contributed by atoms with Crippen molar-refractivity contribution in [2.24, 2.45) is 0 Å². The number of rotatable bonds is 8. The van der Waals surface area contributed by atoms with Crippen molar-refractivity contribution in [3.63, 3.8) is 0 Å². The summed E-state index contributed by atoms with van der Waals surface area (Å²) in [5.74, 6) is 0.250. The van der Waals surface area contributed by atoms with Gasteiger partial charge in [-0.05, 0) is 37.9 Å². The minimum absolute atomic E-state index is 0.00301. The molecular formula is C19H28ClN3O2. The van der Waals surface area contributed by atoms with Crippen LogP contribution in [0.25, 0.3) is 0 Å². The number of hydrogen-bond donors (Lipinski definition) is 1. The molecule has 25 heavy (non-hydrogen) atoms. The summed E-state index contributed by atoms with van der Waals surface area (Å²) in [6.45, 7) is 3.15. The maximum atomic E-state index is 12.0. The normalized spacial score (nSPS) is 15.3. The zero-order valence-corrected chi connectivity index (χ0v) is 15.7. The summed E-state index contributed by atoms with van der Waals surface area (Å²) in [6, 6.07) is 7.66. The number of amides is 2. The van der Waals surface area contributed by atoms with Crippen LogP contribution < -0.4 is 5.32 Å². The van der Waals surface area contributed by atoms with Gasteiger partial charge < -0.3 is 10.2 Å². The highest BCUT2D eigenvalue weighted by Crippen LogP contribution is 2.16. The van der Waals surface area contributed by atoms with E-state index in [0.29, 0.717) is 26.1 Å². The minimum Gasteiger partial charge on any atom is -0.355 e. The van der Waals surface area contributed by atoms with Crippen molar-refractivity contribution >= 4 is 23.4 Å². The highest BCUT2D eigenvalue weighted by Gasteiger charge is 2.16. The molecule has 0 bridgehead atoms. The Kier molecular flexibility index (Phi) is 8.22. The van der Waals surface area contributed by atoms with E-state index in [-0.39, 0.29) is 11.8 Å². The van der Waals surface area contributed by atoms with Crippen LogP contribution in [-0.2, 0) is 16.1 Å². The SMILES string of the molecule is CN(CC(=O)NCCCN1CCCCCC1=O)Cc1ccccc1Cl. The van der Waals surface area contributed by atoms with Gasteiger partial charge in [0.1, 0.15) is 0 Å². The molecule has 1 aliphatic rings. The lowest BCUT2D eigenvalue weighted by molar-refractivity contribution is -0.130. The predicted octanol–water partition coefficient (Wildman–Crippen LogP) is 2.68. The molecule has 2 rings (SSSR count). The third-order valence-corrected chi connectivity index (χ3v) is 4.78. The van der Waals surface area contributed by atoms with Crippen LogP contribution in [0.3, 0.4) is 0 Å². The van der Waals surface area contributed by atoms with Gasteiger partial charge in [0.15, 0.2) is 0 Å². The molecule has 0 saturated carbocycles. The maximum absolute atomic E-state index is 12.0. The van der Waals surface area contributed by atoms with Crippen molar-refractivity contribution in [2.45, 2.75) is 38.6 Å². The van der Waals surface area contributed by atoms with Crippen LogP contribution in [-0.4, -0.2) is 54.8 Å². The Morgan fingerprint density at radius 3 is 2.88 bits per heavy atom. The Balaban J connectivity index is 1.63. The number of nitrogens with one attached hydrogen (secondary N) is 1. The number of nitrogens with zero attached hydrogens (tertiary/aromatic N) is 2. The van der Waals surface area contributed by atoms with Crippen molar-refractivity contribution in [2.75, 3.05) is 33.2 Å². The molecule has 1 heterocycles. The molecule has 0 aliphatic carbocycles. The van der Waals surface area contributed by atoms with E-state index < -0.39 is 0 Å². The number of hydrogen-bond acceptors (Lipinski definition) is 3. The van der Waals surface area contributed by atoms with E-state index in [1.165, 1.54) is 0 Å². The second-order valence-corrected chi connectivity index (χ2v) is 7.07. The average molecular weight is 366 g/mol. The van der Waals surface area contributed by atoms with Gasteiger partial charge in [0.2, 0.25) is 11.8 Å². The van der Waals surface area contributed by atoms with Gasteiger partial charge >= 0.3 is 0 Å². The Labute approximate surface area is 155 Å². The molecule has 0 aromatic heterocycles. The molecule has 1 aliphatic heterocycles. The van der Waals surface area contributed by atoms with E-state index in [0.717, 1.165) is 49.4 Å². The van der Waals surface area contributed by atoms with E-state index in [9.17, 15) is 9.59 Å². The zero-order chi connectivity index (χ0) is 18.1. The first-order chi connectivity index (χ1) is 12.1. The lowest BCUT2D eigenvalue weighted by Crippen LogP contribution is -2.37. The lowest BCUT2D eigenvalue weighted by atomic mass is 10.2. The van der Waals surface area contributed by atoms with Crippen LogP contribution in [0.4, 0.5) is 0 Å². The lowest BCUT2D eigenvalue weighted by Gasteiger charge is -2.21. The summed E-state index contributed by atoms with van der Waals surface area (Å²) in [7, 11) is 1.90. The predicted molar refractivity (Wildman–Crippen MR) is 100 cm³/mol. The van der Waals surface area contributed by atoms with Gasteiger partial charge in [0.25, 0.3) is 0 Å². The quantitative estimate of drug-likeness (QED) is 0.720. The molecular weight excluding hydrogens is 338 g/mol. The Bertz CT molecular complexity index is 580. The average Bonchev–Trinajstić information content (AvgIpc) is 2.78. The highest BCUT2D eigenvalue weighted by molar-refractivity contribution is 6.31. The van der Waals surface area contributed by atoms with Crippen LogP contribution >= 0.6 is 11.6 Å². The number of likely N-dealkylation sites (N-methyl/N-ethyl adjacent to an activating group) is 1. The zero-order valence-electron chi connectivity index (χ0n) is 15.0. The van der Waals surface area contributed by atoms with Gasteiger partial charge in [-0.15, -0.1) is 0 Å². The van der Waals surface area contributed by atoms with E-state index in [1.807, 2.05) is 41.1 Å². The van der Waals surface area contributed by atoms with Gasteiger partial charge in [-0.2, -0.15) is 0 Å². The molecule has 138 valence electrons. The highest BCUT2D eigenvalue weighted by atomic mass is 35.5.